The predicted octanol–water partition coefficient (Wildman–Crippen LogP) is 4.02. The minimum Gasteiger partial charge on any atom is -0.340 e. The van der Waals surface area contributed by atoms with Gasteiger partial charge in [0.1, 0.15) is 0 Å². The molecule has 104 valence electrons. The molecule has 0 unspecified atom stereocenters. The van der Waals surface area contributed by atoms with Crippen LogP contribution in [-0.2, 0) is 13.0 Å². The fraction of sp³-hybridized carbons (Fsp3) is 0.176. The van der Waals surface area contributed by atoms with Gasteiger partial charge in [-0.1, -0.05) is 13.0 Å². The molecule has 0 saturated heterocycles. The molecule has 0 aliphatic heterocycles. The Balaban J connectivity index is 1.92. The van der Waals surface area contributed by atoms with E-state index < -0.39 is 0 Å². The van der Waals surface area contributed by atoms with Crippen molar-refractivity contribution in [3.8, 4) is 6.07 Å². The van der Waals surface area contributed by atoms with Gasteiger partial charge in [-0.15, -0.1) is 11.3 Å². The first-order valence-corrected chi connectivity index (χ1v) is 7.64. The zero-order valence-corrected chi connectivity index (χ0v) is 12.5. The summed E-state index contributed by atoms with van der Waals surface area (Å²) in [7, 11) is 0. The normalized spacial score (nSPS) is 10.7. The zero-order chi connectivity index (χ0) is 14.8. The molecular weight excluding hydrogens is 280 g/mol. The number of Topliss-reactive ketones (excluding diaryl/α,β-unsaturated/α-hetero) is 1. The third kappa shape index (κ3) is 2.48. The lowest BCUT2D eigenvalue weighted by atomic mass is 10.1. The van der Waals surface area contributed by atoms with Crippen LogP contribution in [-0.4, -0.2) is 10.4 Å². The van der Waals surface area contributed by atoms with Crippen LogP contribution in [0.25, 0.3) is 10.9 Å². The first kappa shape index (κ1) is 13.6. The summed E-state index contributed by atoms with van der Waals surface area (Å²) in [5.74, 6) is 0.111. The van der Waals surface area contributed by atoms with Crippen LogP contribution in [0.5, 0.6) is 0 Å². The molecular formula is C17H14N2OS. The maximum atomic E-state index is 12.4. The van der Waals surface area contributed by atoms with Gasteiger partial charge in [-0.3, -0.25) is 4.79 Å². The Bertz CT molecular complexity index is 851. The van der Waals surface area contributed by atoms with Gasteiger partial charge >= 0.3 is 0 Å². The lowest BCUT2D eigenvalue weighted by molar-refractivity contribution is 0.0977. The first-order valence-electron chi connectivity index (χ1n) is 6.82. The van der Waals surface area contributed by atoms with Gasteiger partial charge in [-0.2, -0.15) is 5.26 Å². The second-order valence-corrected chi connectivity index (χ2v) is 6.00. The van der Waals surface area contributed by atoms with Crippen molar-refractivity contribution in [1.82, 2.24) is 4.57 Å². The SMILES string of the molecule is CCc1ccc(C(=O)Cn2ccc3c(C#N)cccc32)s1. The molecule has 0 spiro atoms. The smallest absolute Gasteiger partial charge is 0.192 e. The lowest BCUT2D eigenvalue weighted by Crippen LogP contribution is -2.07. The summed E-state index contributed by atoms with van der Waals surface area (Å²) in [4.78, 5) is 14.4. The Kier molecular flexibility index (Phi) is 3.59. The van der Waals surface area contributed by atoms with E-state index in [0.717, 1.165) is 22.2 Å². The summed E-state index contributed by atoms with van der Waals surface area (Å²) in [5.41, 5.74) is 1.57. The highest BCUT2D eigenvalue weighted by Gasteiger charge is 2.12. The molecule has 0 atom stereocenters. The Labute approximate surface area is 127 Å². The number of aryl methyl sites for hydroxylation is 1. The Morgan fingerprint density at radius 3 is 2.86 bits per heavy atom. The highest BCUT2D eigenvalue weighted by molar-refractivity contribution is 7.14. The third-order valence-electron chi connectivity index (χ3n) is 3.53. The minimum atomic E-state index is 0.111. The highest BCUT2D eigenvalue weighted by Crippen LogP contribution is 2.22. The van der Waals surface area contributed by atoms with Crippen LogP contribution in [0.15, 0.2) is 42.6 Å². The zero-order valence-electron chi connectivity index (χ0n) is 11.7. The molecule has 3 rings (SSSR count). The largest absolute Gasteiger partial charge is 0.340 e. The van der Waals surface area contributed by atoms with Crippen LogP contribution < -0.4 is 0 Å². The molecule has 3 aromatic rings. The van der Waals surface area contributed by atoms with Crippen LogP contribution in [0.2, 0.25) is 0 Å². The van der Waals surface area contributed by atoms with Gasteiger partial charge < -0.3 is 4.57 Å². The fourth-order valence-electron chi connectivity index (χ4n) is 2.41. The molecule has 2 heterocycles. The quantitative estimate of drug-likeness (QED) is 0.682. The van der Waals surface area contributed by atoms with Crippen molar-refractivity contribution in [2.45, 2.75) is 19.9 Å². The lowest BCUT2D eigenvalue weighted by Gasteiger charge is -2.04. The molecule has 1 aromatic carbocycles. The van der Waals surface area contributed by atoms with Crippen molar-refractivity contribution in [2.24, 2.45) is 0 Å². The number of nitriles is 1. The van der Waals surface area contributed by atoms with Gasteiger partial charge in [0.25, 0.3) is 0 Å². The average Bonchev–Trinajstić information content (AvgIpc) is 3.14. The molecule has 4 heteroatoms. The minimum absolute atomic E-state index is 0.111. The molecule has 2 aromatic heterocycles. The summed E-state index contributed by atoms with van der Waals surface area (Å²) in [5, 5.41) is 10.0. The number of carbonyl (C=O) groups excluding carboxylic acids is 1. The van der Waals surface area contributed by atoms with E-state index in [2.05, 4.69) is 13.0 Å². The number of rotatable bonds is 4. The highest BCUT2D eigenvalue weighted by atomic mass is 32.1. The molecule has 0 aliphatic carbocycles. The van der Waals surface area contributed by atoms with E-state index in [1.165, 1.54) is 4.88 Å². The second-order valence-electron chi connectivity index (χ2n) is 4.84. The molecule has 0 saturated carbocycles. The summed E-state index contributed by atoms with van der Waals surface area (Å²) in [6, 6.07) is 13.6. The standard InChI is InChI=1S/C17H14N2OS/c1-2-13-6-7-17(21-13)16(20)11-19-9-8-14-12(10-18)4-3-5-15(14)19/h3-9H,2,11H2,1H3. The van der Waals surface area contributed by atoms with E-state index >= 15 is 0 Å². The fourth-order valence-corrected chi connectivity index (χ4v) is 3.29. The van der Waals surface area contributed by atoms with Crippen molar-refractivity contribution in [1.29, 1.82) is 5.26 Å². The number of nitrogens with zero attached hydrogens (tertiary/aromatic N) is 2. The summed E-state index contributed by atoms with van der Waals surface area (Å²) < 4.78 is 1.91. The van der Waals surface area contributed by atoms with Crippen molar-refractivity contribution >= 4 is 28.0 Å². The van der Waals surface area contributed by atoms with E-state index in [4.69, 9.17) is 5.26 Å². The second kappa shape index (κ2) is 5.55. The molecule has 0 N–H and O–H groups in total. The number of carbonyl (C=O) groups is 1. The van der Waals surface area contributed by atoms with E-state index in [1.807, 2.05) is 41.1 Å². The van der Waals surface area contributed by atoms with Gasteiger partial charge in [0.15, 0.2) is 5.78 Å². The number of thiophene rings is 1. The van der Waals surface area contributed by atoms with Crippen molar-refractivity contribution < 1.29 is 4.79 Å². The first-order chi connectivity index (χ1) is 10.2. The van der Waals surface area contributed by atoms with Gasteiger partial charge in [0, 0.05) is 22.0 Å². The topological polar surface area (TPSA) is 45.8 Å². The number of fused-ring (bicyclic) bond motifs is 1. The van der Waals surface area contributed by atoms with Gasteiger partial charge in [-0.05, 0) is 36.8 Å². The predicted molar refractivity (Wildman–Crippen MR) is 84.7 cm³/mol. The van der Waals surface area contributed by atoms with Crippen LogP contribution in [0.3, 0.4) is 0 Å². The van der Waals surface area contributed by atoms with E-state index in [0.29, 0.717) is 12.1 Å². The molecule has 0 radical (unpaired) electrons. The van der Waals surface area contributed by atoms with Gasteiger partial charge in [-0.25, -0.2) is 0 Å². The Hall–Kier alpha value is -2.38. The molecule has 0 fully saturated rings. The molecule has 0 aliphatic rings. The van der Waals surface area contributed by atoms with E-state index in [1.54, 1.807) is 17.4 Å². The monoisotopic (exact) mass is 294 g/mol. The number of benzene rings is 1. The maximum absolute atomic E-state index is 12.4. The van der Waals surface area contributed by atoms with Crippen LogP contribution in [0.1, 0.15) is 27.0 Å². The summed E-state index contributed by atoms with van der Waals surface area (Å²) >= 11 is 1.56. The summed E-state index contributed by atoms with van der Waals surface area (Å²) in [6.45, 7) is 2.39. The number of hydrogen-bond acceptors (Lipinski definition) is 3. The number of aromatic nitrogens is 1. The Morgan fingerprint density at radius 2 is 2.14 bits per heavy atom. The van der Waals surface area contributed by atoms with E-state index in [-0.39, 0.29) is 5.78 Å². The third-order valence-corrected chi connectivity index (χ3v) is 4.80. The average molecular weight is 294 g/mol. The van der Waals surface area contributed by atoms with Crippen LogP contribution in [0.4, 0.5) is 0 Å². The van der Waals surface area contributed by atoms with Crippen molar-refractivity contribution in [2.75, 3.05) is 0 Å². The van der Waals surface area contributed by atoms with Crippen molar-refractivity contribution in [3.63, 3.8) is 0 Å². The number of ketones is 1. The summed E-state index contributed by atoms with van der Waals surface area (Å²) in [6.07, 6.45) is 2.83. The molecule has 0 bridgehead atoms. The van der Waals surface area contributed by atoms with Crippen LogP contribution >= 0.6 is 11.3 Å². The van der Waals surface area contributed by atoms with Crippen LogP contribution in [0, 0.1) is 11.3 Å². The number of hydrogen-bond donors (Lipinski definition) is 0. The molecule has 3 nitrogen and oxygen atoms in total. The molecule has 0 amide bonds. The maximum Gasteiger partial charge on any atom is 0.192 e. The van der Waals surface area contributed by atoms with Gasteiger partial charge in [0.05, 0.1) is 23.1 Å². The van der Waals surface area contributed by atoms with Crippen molar-refractivity contribution in [3.05, 3.63) is 57.9 Å². The van der Waals surface area contributed by atoms with E-state index in [9.17, 15) is 4.79 Å². The Morgan fingerprint density at radius 1 is 1.29 bits per heavy atom. The molecule has 21 heavy (non-hydrogen) atoms. The van der Waals surface area contributed by atoms with Gasteiger partial charge in [0.2, 0.25) is 0 Å².